The van der Waals surface area contributed by atoms with Gasteiger partial charge in [0.1, 0.15) is 0 Å². The molecule has 70 valence electrons. The highest BCUT2D eigenvalue weighted by Gasteiger charge is 2.35. The fourth-order valence-electron chi connectivity index (χ4n) is 0.765. The molecule has 0 aliphatic rings. The number of halogens is 4. The summed E-state index contributed by atoms with van der Waals surface area (Å²) in [5, 5.41) is 0.398. The van der Waals surface area contributed by atoms with E-state index in [-0.39, 0.29) is 5.56 Å². The first-order chi connectivity index (χ1) is 5.91. The Hall–Kier alpha value is -0.480. The molecule has 0 bridgehead atoms. The van der Waals surface area contributed by atoms with Gasteiger partial charge in [0.15, 0.2) is 0 Å². The Bertz CT molecular complexity index is 318. The van der Waals surface area contributed by atoms with E-state index >= 15 is 0 Å². The van der Waals surface area contributed by atoms with Gasteiger partial charge in [0.2, 0.25) is 5.78 Å². The second-order valence-electron chi connectivity index (χ2n) is 2.33. The van der Waals surface area contributed by atoms with Crippen molar-refractivity contribution in [3.8, 4) is 0 Å². The maximum absolute atomic E-state index is 12.4. The molecule has 0 saturated carbocycles. The van der Waals surface area contributed by atoms with Gasteiger partial charge in [-0.2, -0.15) is 8.78 Å². The van der Waals surface area contributed by atoms with Crippen LogP contribution in [0.5, 0.6) is 0 Å². The molecule has 1 nitrogen and oxygen atoms in total. The Morgan fingerprint density at radius 1 is 1.31 bits per heavy atom. The van der Waals surface area contributed by atoms with Crippen LogP contribution in [0, 0.1) is 0 Å². The molecule has 0 aliphatic carbocycles. The molecule has 1 aromatic carbocycles. The third-order valence-electron chi connectivity index (χ3n) is 1.36. The molecular weight excluding hydrogens is 265 g/mol. The lowest BCUT2D eigenvalue weighted by Crippen LogP contribution is -2.20. The van der Waals surface area contributed by atoms with Crippen molar-refractivity contribution < 1.29 is 13.6 Å². The zero-order valence-corrected chi connectivity index (χ0v) is 8.57. The van der Waals surface area contributed by atoms with Crippen LogP contribution >= 0.6 is 27.5 Å². The Morgan fingerprint density at radius 2 is 1.77 bits per heavy atom. The fourth-order valence-corrected chi connectivity index (χ4v) is 1.12. The van der Waals surface area contributed by atoms with Crippen LogP contribution in [0.25, 0.3) is 0 Å². The number of ketones is 1. The van der Waals surface area contributed by atoms with Crippen molar-refractivity contribution in [3.05, 3.63) is 34.9 Å². The molecule has 0 spiro atoms. The number of hydrogen-bond donors (Lipinski definition) is 0. The highest BCUT2D eigenvalue weighted by Crippen LogP contribution is 2.27. The van der Waals surface area contributed by atoms with Gasteiger partial charge in [0.05, 0.1) is 0 Å². The van der Waals surface area contributed by atoms with E-state index in [0.717, 1.165) is 0 Å². The molecule has 0 unspecified atom stereocenters. The van der Waals surface area contributed by atoms with Crippen LogP contribution < -0.4 is 0 Å². The number of benzene rings is 1. The molecular formula is C8H4BrClF2O. The molecule has 0 amide bonds. The van der Waals surface area contributed by atoms with E-state index in [1.54, 1.807) is 0 Å². The second kappa shape index (κ2) is 3.72. The quantitative estimate of drug-likeness (QED) is 0.593. The minimum absolute atomic E-state index is 0.0775. The van der Waals surface area contributed by atoms with E-state index in [1.807, 2.05) is 15.9 Å². The van der Waals surface area contributed by atoms with Crippen molar-refractivity contribution in [1.29, 1.82) is 0 Å². The Labute approximate surface area is 86.8 Å². The van der Waals surface area contributed by atoms with Crippen molar-refractivity contribution in [2.75, 3.05) is 0 Å². The number of carbonyl (C=O) groups excluding carboxylic acids is 1. The summed E-state index contributed by atoms with van der Waals surface area (Å²) < 4.78 is 24.9. The van der Waals surface area contributed by atoms with Gasteiger partial charge in [0.25, 0.3) is 0 Å². The van der Waals surface area contributed by atoms with Gasteiger partial charge in [-0.3, -0.25) is 4.79 Å². The Morgan fingerprint density at radius 3 is 2.15 bits per heavy atom. The zero-order chi connectivity index (χ0) is 10.1. The van der Waals surface area contributed by atoms with Gasteiger partial charge in [-0.25, -0.2) is 0 Å². The molecule has 0 atom stereocenters. The predicted molar refractivity (Wildman–Crippen MR) is 49.7 cm³/mol. The fraction of sp³-hybridized carbons (Fsp3) is 0.125. The summed E-state index contributed by atoms with van der Waals surface area (Å²) in [7, 11) is 0. The zero-order valence-electron chi connectivity index (χ0n) is 6.23. The standard InChI is InChI=1S/C8H4BrClF2O/c9-8(11,12)7(13)5-1-3-6(10)4-2-5/h1-4H. The Balaban J connectivity index is 2.97. The van der Waals surface area contributed by atoms with Crippen LogP contribution in [0.3, 0.4) is 0 Å². The van der Waals surface area contributed by atoms with E-state index in [4.69, 9.17) is 11.6 Å². The highest BCUT2D eigenvalue weighted by molar-refractivity contribution is 9.10. The summed E-state index contributed by atoms with van der Waals surface area (Å²) in [6, 6.07) is 5.26. The minimum atomic E-state index is -3.51. The Kier molecular flexibility index (Phi) is 3.03. The van der Waals surface area contributed by atoms with Crippen molar-refractivity contribution in [2.24, 2.45) is 0 Å². The minimum Gasteiger partial charge on any atom is -0.286 e. The van der Waals surface area contributed by atoms with Crippen molar-refractivity contribution >= 4 is 33.3 Å². The number of alkyl halides is 3. The first kappa shape index (κ1) is 10.6. The second-order valence-corrected chi connectivity index (χ2v) is 3.77. The summed E-state index contributed by atoms with van der Waals surface area (Å²) >= 11 is 7.50. The molecule has 13 heavy (non-hydrogen) atoms. The van der Waals surface area contributed by atoms with E-state index in [0.29, 0.717) is 5.02 Å². The number of hydrogen-bond acceptors (Lipinski definition) is 1. The van der Waals surface area contributed by atoms with Gasteiger partial charge >= 0.3 is 4.83 Å². The van der Waals surface area contributed by atoms with Crippen LogP contribution in [0.1, 0.15) is 10.4 Å². The van der Waals surface area contributed by atoms with Gasteiger partial charge in [-0.1, -0.05) is 11.6 Å². The van der Waals surface area contributed by atoms with Gasteiger partial charge in [-0.05, 0) is 40.2 Å². The van der Waals surface area contributed by atoms with Crippen LogP contribution in [-0.2, 0) is 0 Å². The first-order valence-corrected chi connectivity index (χ1v) is 4.45. The molecule has 0 heterocycles. The SMILES string of the molecule is O=C(c1ccc(Cl)cc1)C(F)(F)Br. The number of carbonyl (C=O) groups is 1. The number of Topliss-reactive ketones (excluding diaryl/α,β-unsaturated/α-hetero) is 1. The predicted octanol–water partition coefficient (Wildman–Crippen LogP) is 3.51. The summed E-state index contributed by atoms with van der Waals surface area (Å²) in [4.78, 5) is 7.42. The molecule has 0 N–H and O–H groups in total. The molecule has 0 aromatic heterocycles. The lowest BCUT2D eigenvalue weighted by Gasteiger charge is -2.06. The summed E-state index contributed by atoms with van der Waals surface area (Å²) in [6.45, 7) is 0. The molecule has 0 radical (unpaired) electrons. The van der Waals surface area contributed by atoms with Crippen LogP contribution in [0.4, 0.5) is 8.78 Å². The number of rotatable bonds is 2. The smallest absolute Gasteiger partial charge is 0.286 e. The third-order valence-corrected chi connectivity index (χ3v) is 1.98. The third kappa shape index (κ3) is 2.74. The topological polar surface area (TPSA) is 17.1 Å². The van der Waals surface area contributed by atoms with Gasteiger partial charge in [0, 0.05) is 10.6 Å². The van der Waals surface area contributed by atoms with Gasteiger partial charge < -0.3 is 0 Å². The summed E-state index contributed by atoms with van der Waals surface area (Å²) in [6.07, 6.45) is 0. The monoisotopic (exact) mass is 268 g/mol. The van der Waals surface area contributed by atoms with E-state index in [1.165, 1.54) is 24.3 Å². The lowest BCUT2D eigenvalue weighted by molar-refractivity contribution is 0.0592. The van der Waals surface area contributed by atoms with Crippen molar-refractivity contribution in [2.45, 2.75) is 4.83 Å². The van der Waals surface area contributed by atoms with Crippen molar-refractivity contribution in [1.82, 2.24) is 0 Å². The maximum Gasteiger partial charge on any atom is 0.363 e. The van der Waals surface area contributed by atoms with Crippen LogP contribution in [0.2, 0.25) is 5.02 Å². The summed E-state index contributed by atoms with van der Waals surface area (Å²) in [5.74, 6) is -1.27. The molecule has 0 fully saturated rings. The summed E-state index contributed by atoms with van der Waals surface area (Å²) in [5.41, 5.74) is -0.0775. The maximum atomic E-state index is 12.4. The van der Waals surface area contributed by atoms with Gasteiger partial charge in [-0.15, -0.1) is 0 Å². The lowest BCUT2D eigenvalue weighted by atomic mass is 10.1. The van der Waals surface area contributed by atoms with E-state index in [2.05, 4.69) is 0 Å². The van der Waals surface area contributed by atoms with Crippen LogP contribution in [0.15, 0.2) is 24.3 Å². The van der Waals surface area contributed by atoms with E-state index in [9.17, 15) is 13.6 Å². The molecule has 1 rings (SSSR count). The first-order valence-electron chi connectivity index (χ1n) is 3.28. The molecule has 0 saturated heterocycles. The average molecular weight is 269 g/mol. The molecule has 1 aromatic rings. The average Bonchev–Trinajstić information content (AvgIpc) is 2.03. The van der Waals surface area contributed by atoms with E-state index < -0.39 is 10.6 Å². The largest absolute Gasteiger partial charge is 0.363 e. The van der Waals surface area contributed by atoms with Crippen LogP contribution in [-0.4, -0.2) is 10.6 Å². The van der Waals surface area contributed by atoms with Crippen molar-refractivity contribution in [3.63, 3.8) is 0 Å². The normalized spacial score (nSPS) is 11.4. The molecule has 5 heteroatoms. The molecule has 0 aliphatic heterocycles. The highest BCUT2D eigenvalue weighted by atomic mass is 79.9.